The van der Waals surface area contributed by atoms with E-state index in [-0.39, 0.29) is 12.2 Å². The highest BCUT2D eigenvalue weighted by Gasteiger charge is 2.26. The smallest absolute Gasteiger partial charge is 0.167 e. The van der Waals surface area contributed by atoms with Crippen molar-refractivity contribution in [1.82, 2.24) is 4.98 Å². The van der Waals surface area contributed by atoms with Crippen LogP contribution in [0.15, 0.2) is 18.5 Å². The van der Waals surface area contributed by atoms with Crippen molar-refractivity contribution < 1.29 is 9.90 Å². The lowest BCUT2D eigenvalue weighted by molar-refractivity contribution is 0.0930. The van der Waals surface area contributed by atoms with E-state index in [4.69, 9.17) is 0 Å². The molecule has 0 amide bonds. The van der Waals surface area contributed by atoms with Crippen LogP contribution in [-0.2, 0) is 0 Å². The molecule has 3 heteroatoms. The average molecular weight is 149 g/mol. The summed E-state index contributed by atoms with van der Waals surface area (Å²) in [6.45, 7) is 0. The summed E-state index contributed by atoms with van der Waals surface area (Å²) in [5.41, 5.74) is 1.28. The van der Waals surface area contributed by atoms with E-state index >= 15 is 0 Å². The quantitative estimate of drug-likeness (QED) is 0.590. The van der Waals surface area contributed by atoms with Crippen LogP contribution >= 0.6 is 0 Å². The van der Waals surface area contributed by atoms with Gasteiger partial charge in [-0.15, -0.1) is 0 Å². The van der Waals surface area contributed by atoms with E-state index in [0.29, 0.717) is 11.1 Å². The molecule has 1 aliphatic rings. The molecule has 0 bridgehead atoms. The largest absolute Gasteiger partial charge is 0.388 e. The van der Waals surface area contributed by atoms with Crippen LogP contribution in [0.5, 0.6) is 0 Å². The number of carbonyl (C=O) groups excluding carboxylic acids is 1. The zero-order chi connectivity index (χ0) is 7.84. The van der Waals surface area contributed by atoms with Crippen molar-refractivity contribution in [3.8, 4) is 0 Å². The van der Waals surface area contributed by atoms with Crippen LogP contribution in [0, 0.1) is 0 Å². The molecule has 1 aromatic heterocycles. The molecule has 0 spiro atoms. The first-order chi connectivity index (χ1) is 5.29. The van der Waals surface area contributed by atoms with E-state index in [1.807, 2.05) is 0 Å². The molecule has 1 aliphatic carbocycles. The molecular weight excluding hydrogens is 142 g/mol. The van der Waals surface area contributed by atoms with Gasteiger partial charge < -0.3 is 5.11 Å². The number of pyridine rings is 1. The standard InChI is InChI=1S/C8H7NO2/c10-7-3-8(11)6-4-9-2-1-5(6)7/h1-2,4,7,10H,3H2/t7-/m1/s1. The van der Waals surface area contributed by atoms with Crippen molar-refractivity contribution in [3.63, 3.8) is 0 Å². The molecule has 56 valence electrons. The van der Waals surface area contributed by atoms with Crippen LogP contribution in [0.4, 0.5) is 0 Å². The molecule has 1 aromatic rings. The van der Waals surface area contributed by atoms with Gasteiger partial charge in [-0.25, -0.2) is 0 Å². The molecular formula is C8H7NO2. The van der Waals surface area contributed by atoms with Crippen LogP contribution in [0.25, 0.3) is 0 Å². The Morgan fingerprint density at radius 3 is 3.18 bits per heavy atom. The maximum absolute atomic E-state index is 11.1. The van der Waals surface area contributed by atoms with Crippen molar-refractivity contribution in [2.45, 2.75) is 12.5 Å². The molecule has 0 saturated heterocycles. The predicted octanol–water partition coefficient (Wildman–Crippen LogP) is 0.701. The number of aromatic nitrogens is 1. The molecule has 3 nitrogen and oxygen atoms in total. The van der Waals surface area contributed by atoms with Crippen LogP contribution in [0.2, 0.25) is 0 Å². The van der Waals surface area contributed by atoms with E-state index in [1.165, 1.54) is 6.20 Å². The first-order valence-electron chi connectivity index (χ1n) is 3.44. The van der Waals surface area contributed by atoms with Crippen LogP contribution in [0.3, 0.4) is 0 Å². The van der Waals surface area contributed by atoms with Gasteiger partial charge in [0.2, 0.25) is 0 Å². The van der Waals surface area contributed by atoms with Gasteiger partial charge in [0.25, 0.3) is 0 Å². The molecule has 0 radical (unpaired) electrons. The zero-order valence-corrected chi connectivity index (χ0v) is 5.82. The van der Waals surface area contributed by atoms with E-state index in [2.05, 4.69) is 4.98 Å². The Balaban J connectivity index is 2.60. The number of aliphatic hydroxyl groups is 1. The molecule has 1 atom stereocenters. The van der Waals surface area contributed by atoms with Gasteiger partial charge >= 0.3 is 0 Å². The summed E-state index contributed by atoms with van der Waals surface area (Å²) in [4.78, 5) is 14.9. The minimum absolute atomic E-state index is 0.0133. The number of rotatable bonds is 0. The highest BCUT2D eigenvalue weighted by Crippen LogP contribution is 2.29. The van der Waals surface area contributed by atoms with Crippen molar-refractivity contribution in [2.24, 2.45) is 0 Å². The van der Waals surface area contributed by atoms with Gasteiger partial charge in [0, 0.05) is 24.4 Å². The second kappa shape index (κ2) is 2.13. The molecule has 11 heavy (non-hydrogen) atoms. The SMILES string of the molecule is O=C1C[C@@H](O)c2ccncc21. The monoisotopic (exact) mass is 149 g/mol. The summed E-state index contributed by atoms with van der Waals surface area (Å²) in [5.74, 6) is -0.0133. The first-order valence-corrected chi connectivity index (χ1v) is 3.44. The highest BCUT2D eigenvalue weighted by atomic mass is 16.3. The van der Waals surface area contributed by atoms with E-state index in [0.717, 1.165) is 0 Å². The van der Waals surface area contributed by atoms with Crippen molar-refractivity contribution >= 4 is 5.78 Å². The van der Waals surface area contributed by atoms with Crippen LogP contribution in [0.1, 0.15) is 28.4 Å². The number of carbonyl (C=O) groups is 1. The predicted molar refractivity (Wildman–Crippen MR) is 38.1 cm³/mol. The van der Waals surface area contributed by atoms with Gasteiger partial charge in [-0.1, -0.05) is 0 Å². The molecule has 0 fully saturated rings. The highest BCUT2D eigenvalue weighted by molar-refractivity contribution is 6.00. The number of hydrogen-bond donors (Lipinski definition) is 1. The Bertz CT molecular complexity index is 309. The minimum atomic E-state index is -0.611. The third-order valence-electron chi connectivity index (χ3n) is 1.89. The van der Waals surface area contributed by atoms with Gasteiger partial charge in [-0.3, -0.25) is 9.78 Å². The van der Waals surface area contributed by atoms with Crippen molar-refractivity contribution in [1.29, 1.82) is 0 Å². The first kappa shape index (κ1) is 6.49. The lowest BCUT2D eigenvalue weighted by atomic mass is 10.2. The fourth-order valence-corrected chi connectivity index (χ4v) is 1.32. The van der Waals surface area contributed by atoms with Crippen LogP contribution in [-0.4, -0.2) is 15.9 Å². The summed E-state index contributed by atoms with van der Waals surface area (Å²) < 4.78 is 0. The third kappa shape index (κ3) is 0.851. The van der Waals surface area contributed by atoms with Gasteiger partial charge in [-0.05, 0) is 11.6 Å². The lowest BCUT2D eigenvalue weighted by Gasteiger charge is -1.98. The van der Waals surface area contributed by atoms with Crippen LogP contribution < -0.4 is 0 Å². The molecule has 0 unspecified atom stereocenters. The number of ketones is 1. The summed E-state index contributed by atoms with van der Waals surface area (Å²) >= 11 is 0. The fraction of sp³-hybridized carbons (Fsp3) is 0.250. The fourth-order valence-electron chi connectivity index (χ4n) is 1.32. The number of fused-ring (bicyclic) bond motifs is 1. The number of nitrogens with zero attached hydrogens (tertiary/aromatic N) is 1. The molecule has 0 aromatic carbocycles. The molecule has 1 heterocycles. The topological polar surface area (TPSA) is 50.2 Å². The van der Waals surface area contributed by atoms with Gasteiger partial charge in [0.1, 0.15) is 0 Å². The summed E-state index contributed by atoms with van der Waals surface area (Å²) in [6, 6.07) is 1.69. The van der Waals surface area contributed by atoms with Gasteiger partial charge in [-0.2, -0.15) is 0 Å². The van der Waals surface area contributed by atoms with E-state index in [1.54, 1.807) is 12.3 Å². The Labute approximate surface area is 63.7 Å². The molecule has 0 aliphatic heterocycles. The second-order valence-corrected chi connectivity index (χ2v) is 2.61. The van der Waals surface area contributed by atoms with Gasteiger partial charge in [0.05, 0.1) is 6.10 Å². The molecule has 2 rings (SSSR count). The van der Waals surface area contributed by atoms with Gasteiger partial charge in [0.15, 0.2) is 5.78 Å². The minimum Gasteiger partial charge on any atom is -0.388 e. The number of aliphatic hydroxyl groups excluding tert-OH is 1. The number of Topliss-reactive ketones (excluding diaryl/α,β-unsaturated/α-hetero) is 1. The third-order valence-corrected chi connectivity index (χ3v) is 1.89. The average Bonchev–Trinajstić information content (AvgIpc) is 2.30. The summed E-state index contributed by atoms with van der Waals surface area (Å²) in [5, 5.41) is 9.30. The zero-order valence-electron chi connectivity index (χ0n) is 5.82. The number of hydrogen-bond acceptors (Lipinski definition) is 3. The lowest BCUT2D eigenvalue weighted by Crippen LogP contribution is -1.90. The maximum atomic E-state index is 11.1. The second-order valence-electron chi connectivity index (χ2n) is 2.61. The van der Waals surface area contributed by atoms with Crippen molar-refractivity contribution in [2.75, 3.05) is 0 Å². The Kier molecular flexibility index (Phi) is 1.26. The summed E-state index contributed by atoms with van der Waals surface area (Å²) in [6.07, 6.45) is 2.69. The van der Waals surface area contributed by atoms with E-state index < -0.39 is 6.10 Å². The molecule has 0 saturated carbocycles. The maximum Gasteiger partial charge on any atom is 0.167 e. The summed E-state index contributed by atoms with van der Waals surface area (Å²) in [7, 11) is 0. The van der Waals surface area contributed by atoms with E-state index in [9.17, 15) is 9.90 Å². The Hall–Kier alpha value is -1.22. The Morgan fingerprint density at radius 2 is 2.45 bits per heavy atom. The molecule has 1 N–H and O–H groups in total. The Morgan fingerprint density at radius 1 is 1.64 bits per heavy atom. The normalized spacial score (nSPS) is 21.9. The van der Waals surface area contributed by atoms with Crippen molar-refractivity contribution in [3.05, 3.63) is 29.6 Å².